The van der Waals surface area contributed by atoms with E-state index in [-0.39, 0.29) is 11.8 Å². The molecule has 1 saturated heterocycles. The fourth-order valence-electron chi connectivity index (χ4n) is 3.84. The Morgan fingerprint density at radius 2 is 2.08 bits per heavy atom. The molecule has 0 saturated carbocycles. The molecule has 1 unspecified atom stereocenters. The number of likely N-dealkylation sites (tertiary alicyclic amines) is 1. The number of fused-ring (bicyclic) bond motifs is 1. The number of ether oxygens (including phenoxy) is 1. The van der Waals surface area contributed by atoms with Gasteiger partial charge >= 0.3 is 0 Å². The highest BCUT2D eigenvalue weighted by atomic mass is 16.5. The van der Waals surface area contributed by atoms with Gasteiger partial charge in [-0.25, -0.2) is 0 Å². The van der Waals surface area contributed by atoms with Gasteiger partial charge in [-0.05, 0) is 37.5 Å². The van der Waals surface area contributed by atoms with Crippen LogP contribution < -0.4 is 4.74 Å². The van der Waals surface area contributed by atoms with Gasteiger partial charge in [-0.1, -0.05) is 18.7 Å². The van der Waals surface area contributed by atoms with Gasteiger partial charge < -0.3 is 14.5 Å². The van der Waals surface area contributed by atoms with Crippen LogP contribution in [0.2, 0.25) is 0 Å². The van der Waals surface area contributed by atoms with Crippen molar-refractivity contribution in [3.63, 3.8) is 0 Å². The Morgan fingerprint density at radius 3 is 2.79 bits per heavy atom. The van der Waals surface area contributed by atoms with E-state index < -0.39 is 5.41 Å². The first-order valence-corrected chi connectivity index (χ1v) is 8.34. The molecule has 128 valence electrons. The van der Waals surface area contributed by atoms with E-state index in [1.165, 1.54) is 6.08 Å². The van der Waals surface area contributed by atoms with Crippen molar-refractivity contribution < 1.29 is 14.3 Å². The van der Waals surface area contributed by atoms with Gasteiger partial charge in [-0.3, -0.25) is 9.59 Å². The van der Waals surface area contributed by atoms with E-state index in [1.54, 1.807) is 12.0 Å². The molecule has 2 aliphatic heterocycles. The molecule has 5 heteroatoms. The summed E-state index contributed by atoms with van der Waals surface area (Å²) in [6.45, 7) is 7.86. The quantitative estimate of drug-likeness (QED) is 0.800. The third kappa shape index (κ3) is 2.79. The largest absolute Gasteiger partial charge is 0.496 e. The van der Waals surface area contributed by atoms with Gasteiger partial charge in [0.25, 0.3) is 0 Å². The van der Waals surface area contributed by atoms with Gasteiger partial charge in [0.1, 0.15) is 5.75 Å². The Bertz CT molecular complexity index is 685. The van der Waals surface area contributed by atoms with Crippen LogP contribution in [-0.4, -0.2) is 41.8 Å². The SMILES string of the molecule is C=CC(=O)N1CCCC(C)(C(=O)N2Cc3cccc(OC)c3C2)C1. The second-order valence-corrected chi connectivity index (χ2v) is 6.89. The fourth-order valence-corrected chi connectivity index (χ4v) is 3.84. The highest BCUT2D eigenvalue weighted by Crippen LogP contribution is 2.37. The van der Waals surface area contributed by atoms with Gasteiger partial charge in [0.15, 0.2) is 0 Å². The first-order valence-electron chi connectivity index (χ1n) is 8.34. The molecular formula is C19H24N2O3. The molecule has 1 fully saturated rings. The van der Waals surface area contributed by atoms with Crippen LogP contribution in [0.1, 0.15) is 30.9 Å². The summed E-state index contributed by atoms with van der Waals surface area (Å²) in [5.41, 5.74) is 1.69. The van der Waals surface area contributed by atoms with E-state index >= 15 is 0 Å². The number of rotatable bonds is 3. The Balaban J connectivity index is 1.77. The van der Waals surface area contributed by atoms with Crippen LogP contribution in [0.25, 0.3) is 0 Å². The van der Waals surface area contributed by atoms with Gasteiger partial charge in [-0.2, -0.15) is 0 Å². The molecule has 2 aliphatic rings. The van der Waals surface area contributed by atoms with Crippen molar-refractivity contribution in [2.75, 3.05) is 20.2 Å². The molecule has 0 aliphatic carbocycles. The van der Waals surface area contributed by atoms with Crippen LogP contribution in [0.15, 0.2) is 30.9 Å². The fraction of sp³-hybridized carbons (Fsp3) is 0.474. The molecule has 2 heterocycles. The van der Waals surface area contributed by atoms with Crippen molar-refractivity contribution >= 4 is 11.8 Å². The van der Waals surface area contributed by atoms with Crippen molar-refractivity contribution in [3.05, 3.63) is 42.0 Å². The Hall–Kier alpha value is -2.30. The molecule has 1 aromatic carbocycles. The van der Waals surface area contributed by atoms with E-state index in [0.29, 0.717) is 26.2 Å². The molecule has 3 rings (SSSR count). The lowest BCUT2D eigenvalue weighted by atomic mass is 9.80. The van der Waals surface area contributed by atoms with Crippen molar-refractivity contribution in [3.8, 4) is 5.75 Å². The second kappa shape index (κ2) is 6.30. The molecule has 0 radical (unpaired) electrons. The van der Waals surface area contributed by atoms with Crippen LogP contribution in [0.4, 0.5) is 0 Å². The molecule has 0 aromatic heterocycles. The average molecular weight is 328 g/mol. The maximum absolute atomic E-state index is 13.2. The summed E-state index contributed by atoms with van der Waals surface area (Å²) >= 11 is 0. The van der Waals surface area contributed by atoms with Crippen molar-refractivity contribution in [1.29, 1.82) is 0 Å². The maximum atomic E-state index is 13.2. The minimum absolute atomic E-state index is 0.0971. The van der Waals surface area contributed by atoms with Gasteiger partial charge in [0.2, 0.25) is 11.8 Å². The Morgan fingerprint density at radius 1 is 1.29 bits per heavy atom. The van der Waals surface area contributed by atoms with Crippen molar-refractivity contribution in [2.24, 2.45) is 5.41 Å². The maximum Gasteiger partial charge on any atom is 0.245 e. The zero-order chi connectivity index (χ0) is 17.3. The number of benzene rings is 1. The monoisotopic (exact) mass is 328 g/mol. The summed E-state index contributed by atoms with van der Waals surface area (Å²) in [7, 11) is 1.65. The predicted molar refractivity (Wildman–Crippen MR) is 91.4 cm³/mol. The van der Waals surface area contributed by atoms with Gasteiger partial charge in [0, 0.05) is 25.2 Å². The smallest absolute Gasteiger partial charge is 0.245 e. The first kappa shape index (κ1) is 16.6. The molecule has 0 bridgehead atoms. The molecule has 5 nitrogen and oxygen atoms in total. The first-order chi connectivity index (χ1) is 11.5. The number of amides is 2. The minimum Gasteiger partial charge on any atom is -0.496 e. The van der Waals surface area contributed by atoms with Crippen LogP contribution >= 0.6 is 0 Å². The van der Waals surface area contributed by atoms with Crippen LogP contribution in [0.3, 0.4) is 0 Å². The lowest BCUT2D eigenvalue weighted by molar-refractivity contribution is -0.147. The normalized spacial score (nSPS) is 22.9. The zero-order valence-corrected chi connectivity index (χ0v) is 14.4. The average Bonchev–Trinajstić information content (AvgIpc) is 3.04. The zero-order valence-electron chi connectivity index (χ0n) is 14.4. The van der Waals surface area contributed by atoms with Crippen molar-refractivity contribution in [2.45, 2.75) is 32.9 Å². The molecule has 24 heavy (non-hydrogen) atoms. The summed E-state index contributed by atoms with van der Waals surface area (Å²) in [5, 5.41) is 0. The number of nitrogens with zero attached hydrogens (tertiary/aromatic N) is 2. The number of methoxy groups -OCH3 is 1. The number of piperidine rings is 1. The van der Waals surface area contributed by atoms with E-state index in [1.807, 2.05) is 30.0 Å². The Labute approximate surface area is 142 Å². The highest BCUT2D eigenvalue weighted by Gasteiger charge is 2.42. The molecule has 0 N–H and O–H groups in total. The van der Waals surface area contributed by atoms with Crippen molar-refractivity contribution in [1.82, 2.24) is 9.80 Å². The molecule has 0 spiro atoms. The van der Waals surface area contributed by atoms with Gasteiger partial charge in [0.05, 0.1) is 19.1 Å². The third-order valence-electron chi connectivity index (χ3n) is 5.15. The van der Waals surface area contributed by atoms with Gasteiger partial charge in [-0.15, -0.1) is 0 Å². The number of carbonyl (C=O) groups is 2. The summed E-state index contributed by atoms with van der Waals surface area (Å²) in [5.74, 6) is 0.850. The standard InChI is InChI=1S/C19H24N2O3/c1-4-17(22)20-10-6-9-19(2,13-20)18(23)21-11-14-7-5-8-16(24-3)15(14)12-21/h4-5,7-8H,1,6,9-13H2,2-3H3. The Kier molecular flexibility index (Phi) is 4.35. The summed E-state index contributed by atoms with van der Waals surface area (Å²) in [4.78, 5) is 28.7. The number of carbonyl (C=O) groups excluding carboxylic acids is 2. The lowest BCUT2D eigenvalue weighted by Crippen LogP contribution is -2.51. The predicted octanol–water partition coefficient (Wildman–Crippen LogP) is 2.35. The van der Waals surface area contributed by atoms with E-state index in [4.69, 9.17) is 4.74 Å². The highest BCUT2D eigenvalue weighted by molar-refractivity contribution is 5.89. The molecule has 2 amide bonds. The molecule has 1 aromatic rings. The van der Waals surface area contributed by atoms with E-state index in [0.717, 1.165) is 29.7 Å². The van der Waals surface area contributed by atoms with Crippen LogP contribution in [0, 0.1) is 5.41 Å². The minimum atomic E-state index is -0.536. The topological polar surface area (TPSA) is 49.9 Å². The number of hydrogen-bond acceptors (Lipinski definition) is 3. The number of hydrogen-bond donors (Lipinski definition) is 0. The second-order valence-electron chi connectivity index (χ2n) is 6.89. The van der Waals surface area contributed by atoms with Crippen LogP contribution in [0.5, 0.6) is 5.75 Å². The summed E-state index contributed by atoms with van der Waals surface area (Å²) in [6, 6.07) is 5.93. The molecular weight excluding hydrogens is 304 g/mol. The van der Waals surface area contributed by atoms with E-state index in [2.05, 4.69) is 6.58 Å². The summed E-state index contributed by atoms with van der Waals surface area (Å²) in [6.07, 6.45) is 2.97. The summed E-state index contributed by atoms with van der Waals surface area (Å²) < 4.78 is 5.42. The van der Waals surface area contributed by atoms with Crippen LogP contribution in [-0.2, 0) is 22.7 Å². The van der Waals surface area contributed by atoms with E-state index in [9.17, 15) is 9.59 Å². The third-order valence-corrected chi connectivity index (χ3v) is 5.15. The molecule has 1 atom stereocenters. The lowest BCUT2D eigenvalue weighted by Gasteiger charge is -2.40.